The molecule has 24 heavy (non-hydrogen) atoms. The van der Waals surface area contributed by atoms with Crippen molar-refractivity contribution < 1.29 is 9.59 Å². The molecule has 1 aromatic carbocycles. The van der Waals surface area contributed by atoms with E-state index < -0.39 is 11.9 Å². The number of carbonyl (C=O) groups excluding carboxylic acids is 2. The second-order valence-corrected chi connectivity index (χ2v) is 7.30. The molecule has 7 heteroatoms. The summed E-state index contributed by atoms with van der Waals surface area (Å²) in [5.74, 6) is -0.501. The number of hydrogen-bond acceptors (Lipinski definition) is 3. The first-order valence-electron chi connectivity index (χ1n) is 7.75. The van der Waals surface area contributed by atoms with Gasteiger partial charge in [0.25, 0.3) is 5.91 Å². The maximum Gasteiger partial charge on any atom is 0.324 e. The van der Waals surface area contributed by atoms with E-state index in [2.05, 4.69) is 10.6 Å². The molecule has 0 fully saturated rings. The van der Waals surface area contributed by atoms with Gasteiger partial charge in [-0.25, -0.2) is 4.79 Å². The number of para-hydroxylation sites is 1. The quantitative estimate of drug-likeness (QED) is 0.758. The van der Waals surface area contributed by atoms with Crippen molar-refractivity contribution in [3.05, 3.63) is 44.8 Å². The molecule has 4 N–H and O–H groups in total. The van der Waals surface area contributed by atoms with Crippen molar-refractivity contribution in [2.45, 2.75) is 32.6 Å². The van der Waals surface area contributed by atoms with E-state index >= 15 is 0 Å². The molecule has 0 saturated carbocycles. The molecule has 0 radical (unpaired) electrons. The molecule has 0 atom stereocenters. The fourth-order valence-corrected chi connectivity index (χ4v) is 4.51. The smallest absolute Gasteiger partial charge is 0.324 e. The van der Waals surface area contributed by atoms with Crippen LogP contribution in [0, 0.1) is 6.92 Å². The van der Waals surface area contributed by atoms with E-state index in [-0.39, 0.29) is 0 Å². The molecule has 0 unspecified atom stereocenters. The van der Waals surface area contributed by atoms with E-state index in [0.29, 0.717) is 21.3 Å². The molecule has 0 aliphatic heterocycles. The Bertz CT molecular complexity index is 796. The number of anilines is 2. The Hall–Kier alpha value is -2.05. The number of urea groups is 1. The first-order chi connectivity index (χ1) is 11.5. The second-order valence-electron chi connectivity index (χ2n) is 5.79. The van der Waals surface area contributed by atoms with E-state index in [1.165, 1.54) is 11.3 Å². The van der Waals surface area contributed by atoms with Crippen LogP contribution in [-0.2, 0) is 12.8 Å². The van der Waals surface area contributed by atoms with Crippen molar-refractivity contribution in [3.63, 3.8) is 0 Å². The van der Waals surface area contributed by atoms with E-state index in [1.54, 1.807) is 6.07 Å². The SMILES string of the molecule is Cc1cccc(Cl)c1NC(=O)Nc1sc2c(c1C(N)=O)CCCC2. The zero-order valence-electron chi connectivity index (χ0n) is 13.2. The van der Waals surface area contributed by atoms with Crippen LogP contribution < -0.4 is 16.4 Å². The van der Waals surface area contributed by atoms with Gasteiger partial charge in [0.2, 0.25) is 0 Å². The molecule has 5 nitrogen and oxygen atoms in total. The number of thiophene rings is 1. The van der Waals surface area contributed by atoms with Crippen LogP contribution in [0.1, 0.15) is 39.2 Å². The topological polar surface area (TPSA) is 84.2 Å². The summed E-state index contributed by atoms with van der Waals surface area (Å²) >= 11 is 7.56. The highest BCUT2D eigenvalue weighted by Gasteiger charge is 2.25. The van der Waals surface area contributed by atoms with Crippen LogP contribution in [0.4, 0.5) is 15.5 Å². The number of carbonyl (C=O) groups is 2. The number of primary amides is 1. The molecular weight excluding hydrogens is 346 g/mol. The van der Waals surface area contributed by atoms with Gasteiger partial charge in [-0.05, 0) is 49.8 Å². The van der Waals surface area contributed by atoms with Crippen molar-refractivity contribution in [3.8, 4) is 0 Å². The highest BCUT2D eigenvalue weighted by Crippen LogP contribution is 2.38. The summed E-state index contributed by atoms with van der Waals surface area (Å²) in [6, 6.07) is 4.95. The molecule has 2 aromatic rings. The predicted molar refractivity (Wildman–Crippen MR) is 98.3 cm³/mol. The zero-order valence-corrected chi connectivity index (χ0v) is 14.8. The van der Waals surface area contributed by atoms with Gasteiger partial charge in [-0.2, -0.15) is 0 Å². The molecule has 3 rings (SSSR count). The van der Waals surface area contributed by atoms with Crippen LogP contribution in [0.2, 0.25) is 5.02 Å². The van der Waals surface area contributed by atoms with Crippen molar-refractivity contribution in [1.29, 1.82) is 0 Å². The predicted octanol–water partition coefficient (Wildman–Crippen LogP) is 4.33. The van der Waals surface area contributed by atoms with E-state index in [1.807, 2.05) is 19.1 Å². The molecule has 1 aliphatic rings. The summed E-state index contributed by atoms with van der Waals surface area (Å²) in [5, 5.41) is 6.48. The van der Waals surface area contributed by atoms with Crippen molar-refractivity contribution in [2.75, 3.05) is 10.6 Å². The van der Waals surface area contributed by atoms with Crippen molar-refractivity contribution in [2.24, 2.45) is 5.73 Å². The number of rotatable bonds is 3. The number of nitrogens with one attached hydrogen (secondary N) is 2. The van der Waals surface area contributed by atoms with Gasteiger partial charge < -0.3 is 11.1 Å². The monoisotopic (exact) mass is 363 g/mol. The highest BCUT2D eigenvalue weighted by atomic mass is 35.5. The molecule has 1 heterocycles. The Labute approximate surface area is 149 Å². The van der Waals surface area contributed by atoms with Crippen molar-refractivity contribution >= 4 is 45.6 Å². The number of aryl methyl sites for hydroxylation is 2. The molecule has 1 aliphatic carbocycles. The summed E-state index contributed by atoms with van der Waals surface area (Å²) in [4.78, 5) is 25.3. The van der Waals surface area contributed by atoms with Crippen LogP contribution >= 0.6 is 22.9 Å². The first kappa shape index (κ1) is 16.8. The largest absolute Gasteiger partial charge is 0.365 e. The fourth-order valence-electron chi connectivity index (χ4n) is 2.95. The van der Waals surface area contributed by atoms with Gasteiger partial charge in [-0.15, -0.1) is 11.3 Å². The van der Waals surface area contributed by atoms with Gasteiger partial charge in [0, 0.05) is 4.88 Å². The third kappa shape index (κ3) is 3.25. The number of amides is 3. The standard InChI is InChI=1S/C17H18ClN3O2S/c1-9-5-4-7-11(18)14(9)20-17(23)21-16-13(15(19)22)10-6-2-3-8-12(10)24-16/h4-5,7H,2-3,6,8H2,1H3,(H2,19,22)(H2,20,21,23). The summed E-state index contributed by atoms with van der Waals surface area (Å²) in [6.45, 7) is 1.86. The lowest BCUT2D eigenvalue weighted by atomic mass is 9.95. The van der Waals surface area contributed by atoms with E-state index in [0.717, 1.165) is 41.7 Å². The third-order valence-electron chi connectivity index (χ3n) is 4.11. The summed E-state index contributed by atoms with van der Waals surface area (Å²) in [6.07, 6.45) is 3.88. The lowest BCUT2D eigenvalue weighted by molar-refractivity contribution is 0.100. The Balaban J connectivity index is 1.84. The lowest BCUT2D eigenvalue weighted by Gasteiger charge is -2.12. The first-order valence-corrected chi connectivity index (χ1v) is 8.94. The van der Waals surface area contributed by atoms with Gasteiger partial charge in [0.05, 0.1) is 16.3 Å². The highest BCUT2D eigenvalue weighted by molar-refractivity contribution is 7.17. The Morgan fingerprint density at radius 3 is 2.67 bits per heavy atom. The summed E-state index contributed by atoms with van der Waals surface area (Å²) in [5.41, 5.74) is 8.38. The number of halogens is 1. The van der Waals surface area contributed by atoms with Crippen LogP contribution in [0.5, 0.6) is 0 Å². The lowest BCUT2D eigenvalue weighted by Crippen LogP contribution is -2.22. The van der Waals surface area contributed by atoms with Crippen molar-refractivity contribution in [1.82, 2.24) is 0 Å². The minimum Gasteiger partial charge on any atom is -0.365 e. The number of nitrogens with two attached hydrogens (primary N) is 1. The molecule has 0 saturated heterocycles. The average molecular weight is 364 g/mol. The minimum absolute atomic E-state index is 0.438. The number of hydrogen-bond donors (Lipinski definition) is 3. The van der Waals surface area contributed by atoms with Crippen LogP contribution in [0.25, 0.3) is 0 Å². The minimum atomic E-state index is -0.501. The Morgan fingerprint density at radius 2 is 1.96 bits per heavy atom. The van der Waals surface area contributed by atoms with E-state index in [9.17, 15) is 9.59 Å². The van der Waals surface area contributed by atoms with Crippen LogP contribution in [-0.4, -0.2) is 11.9 Å². The molecule has 3 amide bonds. The average Bonchev–Trinajstić information content (AvgIpc) is 2.89. The Morgan fingerprint density at radius 1 is 1.21 bits per heavy atom. The molecule has 1 aromatic heterocycles. The van der Waals surface area contributed by atoms with Gasteiger partial charge in [0.15, 0.2) is 0 Å². The fraction of sp³-hybridized carbons (Fsp3) is 0.294. The van der Waals surface area contributed by atoms with E-state index in [4.69, 9.17) is 17.3 Å². The molecule has 126 valence electrons. The van der Waals surface area contributed by atoms with Gasteiger partial charge in [-0.1, -0.05) is 23.7 Å². The van der Waals surface area contributed by atoms with Gasteiger partial charge in [0.1, 0.15) is 5.00 Å². The van der Waals surface area contributed by atoms with Crippen LogP contribution in [0.15, 0.2) is 18.2 Å². The summed E-state index contributed by atoms with van der Waals surface area (Å²) in [7, 11) is 0. The maximum absolute atomic E-state index is 12.3. The van der Waals surface area contributed by atoms with Crippen LogP contribution in [0.3, 0.4) is 0 Å². The Kier molecular flexibility index (Phi) is 4.78. The maximum atomic E-state index is 12.3. The normalized spacial score (nSPS) is 13.2. The van der Waals surface area contributed by atoms with Gasteiger partial charge in [-0.3, -0.25) is 10.1 Å². The molecule has 0 spiro atoms. The number of fused-ring (bicyclic) bond motifs is 1. The second kappa shape index (κ2) is 6.83. The molecule has 0 bridgehead atoms. The molecular formula is C17H18ClN3O2S. The van der Waals surface area contributed by atoms with Gasteiger partial charge >= 0.3 is 6.03 Å². The summed E-state index contributed by atoms with van der Waals surface area (Å²) < 4.78 is 0. The number of benzene rings is 1. The third-order valence-corrected chi connectivity index (χ3v) is 5.63. The zero-order chi connectivity index (χ0) is 17.3.